The van der Waals surface area contributed by atoms with E-state index in [9.17, 15) is 0 Å². The van der Waals surface area contributed by atoms with Crippen LogP contribution in [0.3, 0.4) is 0 Å². The van der Waals surface area contributed by atoms with E-state index in [-0.39, 0.29) is 5.16 Å². The van der Waals surface area contributed by atoms with Gasteiger partial charge >= 0.3 is 0 Å². The molecule has 0 saturated heterocycles. The minimum absolute atomic E-state index is 0.169. The molecule has 2 aromatic rings. The van der Waals surface area contributed by atoms with Crippen molar-refractivity contribution in [3.05, 3.63) is 52.7 Å². The number of benzene rings is 1. The van der Waals surface area contributed by atoms with Gasteiger partial charge in [-0.3, -0.25) is 0 Å². The topological polar surface area (TPSA) is 63.8 Å². The van der Waals surface area contributed by atoms with Crippen LogP contribution in [0.4, 0.5) is 5.69 Å². The molecule has 0 bridgehead atoms. The fraction of sp³-hybridized carbons (Fsp3) is 0.143. The van der Waals surface area contributed by atoms with Crippen LogP contribution in [0.5, 0.6) is 0 Å². The first-order valence-corrected chi connectivity index (χ1v) is 6.84. The number of rotatable bonds is 4. The molecule has 6 heteroatoms. The van der Waals surface area contributed by atoms with E-state index in [0.717, 1.165) is 29.1 Å². The molecule has 1 heterocycles. The lowest BCUT2D eigenvalue weighted by molar-refractivity contribution is 1.00. The molecule has 0 aliphatic rings. The van der Waals surface area contributed by atoms with Crippen LogP contribution < -0.4 is 11.1 Å². The first-order valence-electron chi connectivity index (χ1n) is 6.08. The van der Waals surface area contributed by atoms with Gasteiger partial charge in [0, 0.05) is 28.2 Å². The van der Waals surface area contributed by atoms with Gasteiger partial charge in [0.15, 0.2) is 0 Å². The molecule has 1 aromatic heterocycles. The number of hydrogen-bond acceptors (Lipinski definition) is 4. The smallest absolute Gasteiger partial charge is 0.116 e. The molecule has 0 fully saturated rings. The fourth-order valence-corrected chi connectivity index (χ4v) is 1.97. The Morgan fingerprint density at radius 3 is 2.85 bits per heavy atom. The van der Waals surface area contributed by atoms with E-state index in [1.165, 1.54) is 6.20 Å². The van der Waals surface area contributed by atoms with Gasteiger partial charge in [-0.25, -0.2) is 9.97 Å². The maximum Gasteiger partial charge on any atom is 0.116 e. The SMILES string of the molecule is CCc1cc(-c2cc(Cl)ccc2N/C=C(\N)Cl)ncn1. The summed E-state index contributed by atoms with van der Waals surface area (Å²) in [5, 5.41) is 3.84. The highest BCUT2D eigenvalue weighted by atomic mass is 35.5. The second-order valence-electron chi connectivity index (χ2n) is 4.11. The molecule has 0 atom stereocenters. The number of nitrogens with one attached hydrogen (secondary N) is 1. The summed E-state index contributed by atoms with van der Waals surface area (Å²) < 4.78 is 0. The highest BCUT2D eigenvalue weighted by molar-refractivity contribution is 6.31. The minimum Gasteiger partial charge on any atom is -0.388 e. The summed E-state index contributed by atoms with van der Waals surface area (Å²) in [5.74, 6) is 0. The first kappa shape index (κ1) is 14.6. The lowest BCUT2D eigenvalue weighted by atomic mass is 10.1. The Kier molecular flexibility index (Phi) is 4.82. The summed E-state index contributed by atoms with van der Waals surface area (Å²) in [6, 6.07) is 7.41. The van der Waals surface area contributed by atoms with Gasteiger partial charge in [0.1, 0.15) is 11.5 Å². The normalized spacial score (nSPS) is 11.4. The molecule has 1 aromatic carbocycles. The summed E-state index contributed by atoms with van der Waals surface area (Å²) in [4.78, 5) is 8.48. The van der Waals surface area contributed by atoms with Crippen LogP contribution in [-0.4, -0.2) is 9.97 Å². The van der Waals surface area contributed by atoms with Gasteiger partial charge < -0.3 is 11.1 Å². The third kappa shape index (κ3) is 3.62. The van der Waals surface area contributed by atoms with Crippen molar-refractivity contribution in [3.63, 3.8) is 0 Å². The molecule has 0 radical (unpaired) electrons. The molecular weight excluding hydrogens is 295 g/mol. The summed E-state index contributed by atoms with van der Waals surface area (Å²) in [5.41, 5.74) is 8.86. The van der Waals surface area contributed by atoms with E-state index in [2.05, 4.69) is 15.3 Å². The van der Waals surface area contributed by atoms with E-state index in [1.807, 2.05) is 25.1 Å². The van der Waals surface area contributed by atoms with Crippen LogP contribution in [0, 0.1) is 0 Å². The number of nitrogens with zero attached hydrogens (tertiary/aromatic N) is 2. The van der Waals surface area contributed by atoms with E-state index in [0.29, 0.717) is 5.02 Å². The highest BCUT2D eigenvalue weighted by Gasteiger charge is 2.08. The van der Waals surface area contributed by atoms with Crippen LogP contribution in [0.2, 0.25) is 5.02 Å². The minimum atomic E-state index is 0.169. The second kappa shape index (κ2) is 6.59. The van der Waals surface area contributed by atoms with Gasteiger partial charge in [-0.1, -0.05) is 30.1 Å². The average molecular weight is 309 g/mol. The Morgan fingerprint density at radius 1 is 1.35 bits per heavy atom. The largest absolute Gasteiger partial charge is 0.388 e. The lowest BCUT2D eigenvalue weighted by Crippen LogP contribution is -1.98. The van der Waals surface area contributed by atoms with Crippen LogP contribution in [-0.2, 0) is 6.42 Å². The van der Waals surface area contributed by atoms with Crippen molar-refractivity contribution < 1.29 is 0 Å². The monoisotopic (exact) mass is 308 g/mol. The molecule has 0 saturated carbocycles. The molecule has 0 spiro atoms. The molecule has 104 valence electrons. The van der Waals surface area contributed by atoms with Gasteiger partial charge in [0.25, 0.3) is 0 Å². The van der Waals surface area contributed by atoms with Gasteiger partial charge in [-0.15, -0.1) is 0 Å². The zero-order valence-corrected chi connectivity index (χ0v) is 12.4. The van der Waals surface area contributed by atoms with E-state index in [1.54, 1.807) is 12.4 Å². The standard InChI is InChI=1S/C14H14Cl2N4/c1-2-10-6-13(20-8-19-10)11-5-9(15)3-4-12(11)18-7-14(16)17/h3-8,18H,2,17H2,1H3/b14-7-. The van der Waals surface area contributed by atoms with Crippen LogP contribution >= 0.6 is 23.2 Å². The van der Waals surface area contributed by atoms with Crippen molar-refractivity contribution in [2.75, 3.05) is 5.32 Å². The molecule has 0 aliphatic heterocycles. The fourth-order valence-electron chi connectivity index (χ4n) is 1.74. The van der Waals surface area contributed by atoms with Crippen molar-refractivity contribution in [3.8, 4) is 11.3 Å². The zero-order valence-electron chi connectivity index (χ0n) is 10.9. The van der Waals surface area contributed by atoms with E-state index in [4.69, 9.17) is 28.9 Å². The average Bonchev–Trinajstić information content (AvgIpc) is 2.46. The van der Waals surface area contributed by atoms with Crippen molar-refractivity contribution in [2.24, 2.45) is 5.73 Å². The van der Waals surface area contributed by atoms with Crippen molar-refractivity contribution in [1.29, 1.82) is 0 Å². The van der Waals surface area contributed by atoms with Crippen molar-refractivity contribution in [2.45, 2.75) is 13.3 Å². The lowest BCUT2D eigenvalue weighted by Gasteiger charge is -2.10. The zero-order chi connectivity index (χ0) is 14.5. The van der Waals surface area contributed by atoms with E-state index >= 15 is 0 Å². The molecule has 4 nitrogen and oxygen atoms in total. The third-order valence-electron chi connectivity index (χ3n) is 2.71. The molecule has 0 aliphatic carbocycles. The maximum atomic E-state index is 6.07. The summed E-state index contributed by atoms with van der Waals surface area (Å²) >= 11 is 11.7. The van der Waals surface area contributed by atoms with Crippen molar-refractivity contribution >= 4 is 28.9 Å². The van der Waals surface area contributed by atoms with Crippen LogP contribution in [0.1, 0.15) is 12.6 Å². The Balaban J connectivity index is 2.47. The second-order valence-corrected chi connectivity index (χ2v) is 4.98. The Labute approximate surface area is 127 Å². The van der Waals surface area contributed by atoms with Crippen LogP contribution in [0.25, 0.3) is 11.3 Å². The Hall–Kier alpha value is -1.78. The summed E-state index contributed by atoms with van der Waals surface area (Å²) in [6.07, 6.45) is 3.90. The molecule has 0 unspecified atom stereocenters. The predicted octanol–water partition coefficient (Wildman–Crippen LogP) is 3.77. The quantitative estimate of drug-likeness (QED) is 0.844. The Bertz CT molecular complexity index is 637. The molecule has 3 N–H and O–H groups in total. The van der Waals surface area contributed by atoms with E-state index < -0.39 is 0 Å². The number of anilines is 1. The number of hydrogen-bond donors (Lipinski definition) is 2. The maximum absolute atomic E-state index is 6.07. The third-order valence-corrected chi connectivity index (χ3v) is 3.05. The van der Waals surface area contributed by atoms with Crippen LogP contribution in [0.15, 0.2) is 41.9 Å². The predicted molar refractivity (Wildman–Crippen MR) is 83.6 cm³/mol. The molecule has 20 heavy (non-hydrogen) atoms. The van der Waals surface area contributed by atoms with Gasteiger partial charge in [-0.2, -0.15) is 0 Å². The number of halogens is 2. The highest BCUT2D eigenvalue weighted by Crippen LogP contribution is 2.30. The summed E-state index contributed by atoms with van der Waals surface area (Å²) in [6.45, 7) is 2.04. The number of aromatic nitrogens is 2. The van der Waals surface area contributed by atoms with Gasteiger partial charge in [0.2, 0.25) is 0 Å². The number of aryl methyl sites for hydroxylation is 1. The Morgan fingerprint density at radius 2 is 2.15 bits per heavy atom. The molecule has 0 amide bonds. The number of nitrogens with two attached hydrogens (primary N) is 1. The molecular formula is C14H14Cl2N4. The van der Waals surface area contributed by atoms with Gasteiger partial charge in [0.05, 0.1) is 5.69 Å². The van der Waals surface area contributed by atoms with Gasteiger partial charge in [-0.05, 0) is 30.7 Å². The van der Waals surface area contributed by atoms with Crippen molar-refractivity contribution in [1.82, 2.24) is 9.97 Å². The molecule has 2 rings (SSSR count). The first-order chi connectivity index (χ1) is 9.60. The summed E-state index contributed by atoms with van der Waals surface area (Å²) in [7, 11) is 0.